The van der Waals surface area contributed by atoms with E-state index in [1.807, 2.05) is 0 Å². The Kier molecular flexibility index (Phi) is 6.87. The zero-order valence-electron chi connectivity index (χ0n) is 27.8. The number of fused-ring (bicyclic) bond motifs is 9. The summed E-state index contributed by atoms with van der Waals surface area (Å²) in [5, 5.41) is 4.05. The van der Waals surface area contributed by atoms with Gasteiger partial charge >= 0.3 is 0 Å². The summed E-state index contributed by atoms with van der Waals surface area (Å²) in [4.78, 5) is 2.71. The number of ether oxygens (including phenoxy) is 1. The van der Waals surface area contributed by atoms with E-state index in [0.29, 0.717) is 41.7 Å². The molecule has 1 aromatic carbocycles. The summed E-state index contributed by atoms with van der Waals surface area (Å²) in [6, 6.07) is 9.48. The molecule has 0 amide bonds. The number of anilines is 1. The van der Waals surface area contributed by atoms with Crippen molar-refractivity contribution in [2.75, 3.05) is 4.90 Å². The third kappa shape index (κ3) is 4.30. The van der Waals surface area contributed by atoms with Crippen LogP contribution in [0.15, 0.2) is 114 Å². The van der Waals surface area contributed by atoms with Crippen molar-refractivity contribution in [3.63, 3.8) is 0 Å². The normalized spacial score (nSPS) is 39.6. The first-order chi connectivity index (χ1) is 23.3. The molecular formula is C44H50N2O. The molecule has 0 radical (unpaired) electrons. The molecule has 1 saturated heterocycles. The average Bonchev–Trinajstić information content (AvgIpc) is 3.67. The minimum atomic E-state index is 0.0826. The van der Waals surface area contributed by atoms with E-state index >= 15 is 0 Å². The summed E-state index contributed by atoms with van der Waals surface area (Å²) in [6.45, 7) is 0. The highest BCUT2D eigenvalue weighted by Gasteiger charge is 2.66. The fourth-order valence-electron chi connectivity index (χ4n) is 12.0. The molecule has 3 nitrogen and oxygen atoms in total. The number of nitrogens with zero attached hydrogens (tertiary/aromatic N) is 1. The summed E-state index contributed by atoms with van der Waals surface area (Å²) in [5.41, 5.74) is 8.79. The number of hydrogen-bond acceptors (Lipinski definition) is 3. The van der Waals surface area contributed by atoms with Crippen molar-refractivity contribution in [3.05, 3.63) is 119 Å². The van der Waals surface area contributed by atoms with Gasteiger partial charge in [-0.3, -0.25) is 0 Å². The van der Waals surface area contributed by atoms with E-state index in [1.54, 1.807) is 11.3 Å². The number of rotatable bonds is 3. The molecule has 8 atom stereocenters. The fraction of sp³-hybridized carbons (Fsp3) is 0.500. The smallest absolute Gasteiger partial charge is 0.125 e. The Morgan fingerprint density at radius 1 is 0.809 bits per heavy atom. The van der Waals surface area contributed by atoms with Crippen LogP contribution in [0.2, 0.25) is 0 Å². The Morgan fingerprint density at radius 3 is 2.45 bits per heavy atom. The fourth-order valence-corrected chi connectivity index (χ4v) is 12.0. The highest BCUT2D eigenvalue weighted by Crippen LogP contribution is 2.71. The molecule has 8 unspecified atom stereocenters. The largest absolute Gasteiger partial charge is 0.486 e. The van der Waals surface area contributed by atoms with Gasteiger partial charge in [0, 0.05) is 34.3 Å². The van der Waals surface area contributed by atoms with Gasteiger partial charge in [0.1, 0.15) is 18.0 Å². The molecule has 1 aromatic rings. The maximum absolute atomic E-state index is 7.08. The van der Waals surface area contributed by atoms with Crippen molar-refractivity contribution in [3.8, 4) is 0 Å². The number of nitrogens with one attached hydrogen (secondary N) is 1. The third-order valence-electron chi connectivity index (χ3n) is 13.7. The Bertz CT molecular complexity index is 1670. The summed E-state index contributed by atoms with van der Waals surface area (Å²) in [5.74, 6) is 4.93. The van der Waals surface area contributed by atoms with Gasteiger partial charge < -0.3 is 15.0 Å². The second kappa shape index (κ2) is 11.3. The standard InChI is InChI=1S/C44H50N2O/c1-2-13-29(14-3-1)43-45-39-22-9-10-23-40(39)46(43)32-16-12-15-30(27-32)31-25-26-38-42(28-31)47-41-24-11-8-21-37(41)44(38)35-19-6-4-17-33(35)34-18-5-7-20-36(34)44/h1-2,4-5,12,15-18,21,24-29,33-36,38,42-43,45H,3,6-11,13-14,19-20,22-23H2. The van der Waals surface area contributed by atoms with Crippen LogP contribution in [-0.2, 0) is 4.74 Å². The molecule has 10 rings (SSSR count). The van der Waals surface area contributed by atoms with E-state index in [0.717, 1.165) is 12.8 Å². The SMILES string of the molecule is C1=CCC(C2NC3=C(CCCC3)N2c2cccc(C3=CC4OC5=CCCC=C5C5(C4C=C3)C3CCC=CC3C3C=CCCC35)c2)CC1. The van der Waals surface area contributed by atoms with Crippen LogP contribution in [0.3, 0.4) is 0 Å². The first-order valence-electron chi connectivity index (χ1n) is 19.1. The molecule has 3 heteroatoms. The lowest BCUT2D eigenvalue weighted by Crippen LogP contribution is -2.52. The van der Waals surface area contributed by atoms with Crippen LogP contribution in [0.5, 0.6) is 0 Å². The van der Waals surface area contributed by atoms with Crippen LogP contribution >= 0.6 is 0 Å². The third-order valence-corrected chi connectivity index (χ3v) is 13.7. The molecule has 2 fully saturated rings. The topological polar surface area (TPSA) is 24.5 Å². The van der Waals surface area contributed by atoms with Gasteiger partial charge in [-0.25, -0.2) is 0 Å². The Hall–Kier alpha value is -3.46. The van der Waals surface area contributed by atoms with Gasteiger partial charge in [0.15, 0.2) is 0 Å². The van der Waals surface area contributed by atoms with Gasteiger partial charge in [0.2, 0.25) is 0 Å². The van der Waals surface area contributed by atoms with Crippen LogP contribution in [0.4, 0.5) is 5.69 Å². The molecule has 9 aliphatic rings. The van der Waals surface area contributed by atoms with Crippen molar-refractivity contribution in [1.29, 1.82) is 0 Å². The van der Waals surface area contributed by atoms with E-state index < -0.39 is 0 Å². The Labute approximate surface area is 281 Å². The number of hydrogen-bond donors (Lipinski definition) is 1. The summed E-state index contributed by atoms with van der Waals surface area (Å²) in [6.07, 6.45) is 44.0. The van der Waals surface area contributed by atoms with Crippen LogP contribution in [0.25, 0.3) is 5.57 Å². The zero-order chi connectivity index (χ0) is 31.0. The molecule has 1 saturated carbocycles. The summed E-state index contributed by atoms with van der Waals surface area (Å²) >= 11 is 0. The second-order valence-corrected chi connectivity index (χ2v) is 15.9. The minimum Gasteiger partial charge on any atom is -0.486 e. The van der Waals surface area contributed by atoms with Crippen molar-refractivity contribution in [1.82, 2.24) is 5.32 Å². The molecular weight excluding hydrogens is 572 g/mol. The molecule has 2 heterocycles. The maximum atomic E-state index is 7.08. The second-order valence-electron chi connectivity index (χ2n) is 15.9. The van der Waals surface area contributed by atoms with Gasteiger partial charge in [-0.15, -0.1) is 0 Å². The molecule has 2 aliphatic heterocycles. The van der Waals surface area contributed by atoms with Crippen LogP contribution in [0.1, 0.15) is 89.0 Å². The first-order valence-corrected chi connectivity index (χ1v) is 19.1. The highest BCUT2D eigenvalue weighted by molar-refractivity contribution is 5.78. The summed E-state index contributed by atoms with van der Waals surface area (Å²) in [7, 11) is 0. The number of allylic oxidation sites excluding steroid dienone is 13. The molecule has 242 valence electrons. The van der Waals surface area contributed by atoms with Crippen molar-refractivity contribution in [2.24, 2.45) is 40.9 Å². The lowest BCUT2D eigenvalue weighted by atomic mass is 9.52. The quantitative estimate of drug-likeness (QED) is 0.340. The van der Waals surface area contributed by atoms with Crippen molar-refractivity contribution in [2.45, 2.75) is 95.7 Å². The molecule has 47 heavy (non-hydrogen) atoms. The number of benzene rings is 1. The van der Waals surface area contributed by atoms with E-state index in [4.69, 9.17) is 4.74 Å². The highest BCUT2D eigenvalue weighted by atomic mass is 16.5. The van der Waals surface area contributed by atoms with Gasteiger partial charge in [-0.05, 0) is 148 Å². The van der Waals surface area contributed by atoms with Gasteiger partial charge in [-0.2, -0.15) is 0 Å². The summed E-state index contributed by atoms with van der Waals surface area (Å²) < 4.78 is 7.08. The van der Waals surface area contributed by atoms with Gasteiger partial charge in [-0.1, -0.05) is 66.8 Å². The molecule has 0 bridgehead atoms. The van der Waals surface area contributed by atoms with E-state index in [-0.39, 0.29) is 11.5 Å². The van der Waals surface area contributed by atoms with Gasteiger partial charge in [0.25, 0.3) is 0 Å². The van der Waals surface area contributed by atoms with Crippen molar-refractivity contribution < 1.29 is 4.74 Å². The maximum Gasteiger partial charge on any atom is 0.125 e. The van der Waals surface area contributed by atoms with Crippen LogP contribution < -0.4 is 10.2 Å². The predicted molar refractivity (Wildman–Crippen MR) is 192 cm³/mol. The Morgan fingerprint density at radius 2 is 1.62 bits per heavy atom. The first kappa shape index (κ1) is 28.5. The van der Waals surface area contributed by atoms with Gasteiger partial charge in [0.05, 0.1) is 0 Å². The van der Waals surface area contributed by atoms with E-state index in [2.05, 4.69) is 101 Å². The van der Waals surface area contributed by atoms with E-state index in [9.17, 15) is 0 Å². The minimum absolute atomic E-state index is 0.0826. The van der Waals surface area contributed by atoms with E-state index in [1.165, 1.54) is 98.9 Å². The van der Waals surface area contributed by atoms with Crippen LogP contribution in [-0.4, -0.2) is 12.3 Å². The van der Waals surface area contributed by atoms with Crippen molar-refractivity contribution >= 4 is 11.3 Å². The average molecular weight is 623 g/mol. The Balaban J connectivity index is 1.03. The zero-order valence-corrected chi connectivity index (χ0v) is 27.8. The van der Waals surface area contributed by atoms with Crippen LogP contribution in [0, 0.1) is 40.9 Å². The predicted octanol–water partition coefficient (Wildman–Crippen LogP) is 10.3. The molecule has 0 aromatic heterocycles. The molecule has 1 N–H and O–H groups in total. The monoisotopic (exact) mass is 622 g/mol. The lowest BCUT2D eigenvalue weighted by Gasteiger charge is -2.55. The molecule has 7 aliphatic carbocycles. The lowest BCUT2D eigenvalue weighted by molar-refractivity contribution is -0.0295. The molecule has 1 spiro atoms.